The molecule has 0 aliphatic heterocycles. The molecule has 3 nitrogen and oxygen atoms in total. The largest absolute Gasteiger partial charge is 0.374 e. The zero-order valence-corrected chi connectivity index (χ0v) is 10.7. The predicted octanol–water partition coefficient (Wildman–Crippen LogP) is 2.06. The summed E-state index contributed by atoms with van der Waals surface area (Å²) in [5, 5.41) is 6.78. The Kier molecular flexibility index (Phi) is 7.35. The normalized spacial score (nSPS) is 17.1. The first-order chi connectivity index (χ1) is 8.18. The van der Waals surface area contributed by atoms with Gasteiger partial charge in [-0.25, -0.2) is 8.78 Å². The number of alkyl halides is 2. The van der Waals surface area contributed by atoms with E-state index in [0.717, 1.165) is 12.8 Å². The molecule has 0 bridgehead atoms. The van der Waals surface area contributed by atoms with Crippen LogP contribution in [0, 0.1) is 0 Å². The van der Waals surface area contributed by atoms with Gasteiger partial charge in [0, 0.05) is 12.6 Å². The lowest BCUT2D eigenvalue weighted by atomic mass is 9.96. The predicted molar refractivity (Wildman–Crippen MR) is 67.4 cm³/mol. The quantitative estimate of drug-likeness (QED) is 0.569. The van der Waals surface area contributed by atoms with Crippen LogP contribution < -0.4 is 10.6 Å². The number of rotatable bonds is 6. The summed E-state index contributed by atoms with van der Waals surface area (Å²) in [5.74, 6) is 0. The smallest absolute Gasteiger partial charge is 0.261 e. The van der Waals surface area contributed by atoms with Crippen LogP contribution >= 0.6 is 12.2 Å². The molecule has 1 saturated carbocycles. The molecule has 0 radical (unpaired) electrons. The van der Waals surface area contributed by atoms with Crippen molar-refractivity contribution < 1.29 is 13.5 Å². The van der Waals surface area contributed by atoms with Gasteiger partial charge in [-0.05, 0) is 25.1 Å². The van der Waals surface area contributed by atoms with E-state index in [0.29, 0.717) is 17.7 Å². The lowest BCUT2D eigenvalue weighted by Crippen LogP contribution is -2.43. The number of ether oxygens (including phenoxy) is 1. The van der Waals surface area contributed by atoms with E-state index in [1.54, 1.807) is 0 Å². The highest BCUT2D eigenvalue weighted by Gasteiger charge is 2.13. The number of halogens is 2. The van der Waals surface area contributed by atoms with Crippen LogP contribution in [0.1, 0.15) is 32.1 Å². The first-order valence-corrected chi connectivity index (χ1v) is 6.49. The molecule has 0 spiro atoms. The highest BCUT2D eigenvalue weighted by Crippen LogP contribution is 2.17. The number of hydrogen-bond acceptors (Lipinski definition) is 2. The summed E-state index contributed by atoms with van der Waals surface area (Å²) in [4.78, 5) is 0. The Hall–Kier alpha value is -0.490. The summed E-state index contributed by atoms with van der Waals surface area (Å²) in [6.07, 6.45) is 3.71. The molecule has 17 heavy (non-hydrogen) atoms. The van der Waals surface area contributed by atoms with Gasteiger partial charge < -0.3 is 15.4 Å². The maximum atomic E-state index is 11.7. The molecule has 2 N–H and O–H groups in total. The van der Waals surface area contributed by atoms with Crippen molar-refractivity contribution in [1.82, 2.24) is 10.6 Å². The Balaban J connectivity index is 1.97. The number of thiocarbonyl (C=S) groups is 1. The minimum atomic E-state index is -2.40. The fourth-order valence-corrected chi connectivity index (χ4v) is 2.16. The summed E-state index contributed by atoms with van der Waals surface area (Å²) in [7, 11) is 0. The average molecular weight is 266 g/mol. The van der Waals surface area contributed by atoms with Crippen LogP contribution in [0.2, 0.25) is 0 Å². The topological polar surface area (TPSA) is 33.3 Å². The van der Waals surface area contributed by atoms with Crippen LogP contribution in [0.5, 0.6) is 0 Å². The maximum Gasteiger partial charge on any atom is 0.261 e. The maximum absolute atomic E-state index is 11.7. The van der Waals surface area contributed by atoms with Gasteiger partial charge in [0.2, 0.25) is 0 Å². The van der Waals surface area contributed by atoms with Crippen LogP contribution in [-0.2, 0) is 4.74 Å². The summed E-state index contributed by atoms with van der Waals surface area (Å²) < 4.78 is 28.2. The number of hydrogen-bond donors (Lipinski definition) is 2. The van der Waals surface area contributed by atoms with Crippen molar-refractivity contribution in [3.63, 3.8) is 0 Å². The van der Waals surface area contributed by atoms with E-state index in [-0.39, 0.29) is 6.61 Å². The highest BCUT2D eigenvalue weighted by molar-refractivity contribution is 7.80. The van der Waals surface area contributed by atoms with Crippen LogP contribution in [0.15, 0.2) is 0 Å². The second kappa shape index (κ2) is 8.58. The van der Waals surface area contributed by atoms with Crippen LogP contribution in [0.3, 0.4) is 0 Å². The first kappa shape index (κ1) is 14.6. The van der Waals surface area contributed by atoms with Gasteiger partial charge in [0.25, 0.3) is 6.43 Å². The molecule has 0 aromatic rings. The second-order valence-corrected chi connectivity index (χ2v) is 4.61. The average Bonchev–Trinajstić information content (AvgIpc) is 2.29. The van der Waals surface area contributed by atoms with E-state index in [1.807, 2.05) is 0 Å². The summed E-state index contributed by atoms with van der Waals surface area (Å²) in [6, 6.07) is 0.464. The van der Waals surface area contributed by atoms with Gasteiger partial charge in [0.15, 0.2) is 5.11 Å². The Morgan fingerprint density at radius 1 is 1.29 bits per heavy atom. The zero-order valence-electron chi connectivity index (χ0n) is 9.88. The van der Waals surface area contributed by atoms with Crippen LogP contribution in [-0.4, -0.2) is 37.3 Å². The molecule has 0 aromatic heterocycles. The van der Waals surface area contributed by atoms with Crippen molar-refractivity contribution in [3.8, 4) is 0 Å². The monoisotopic (exact) mass is 266 g/mol. The van der Waals surface area contributed by atoms with Gasteiger partial charge in [-0.15, -0.1) is 0 Å². The fraction of sp³-hybridized carbons (Fsp3) is 0.909. The Bertz CT molecular complexity index is 224. The third kappa shape index (κ3) is 7.44. The van der Waals surface area contributed by atoms with E-state index >= 15 is 0 Å². The molecule has 0 atom stereocenters. The molecule has 1 aliphatic rings. The van der Waals surface area contributed by atoms with Gasteiger partial charge >= 0.3 is 0 Å². The number of nitrogens with one attached hydrogen (secondary N) is 2. The molecule has 0 aromatic carbocycles. The van der Waals surface area contributed by atoms with Crippen LogP contribution in [0.25, 0.3) is 0 Å². The molecular formula is C11H20F2N2OS. The molecule has 6 heteroatoms. The van der Waals surface area contributed by atoms with E-state index in [4.69, 9.17) is 17.0 Å². The van der Waals surface area contributed by atoms with Crippen molar-refractivity contribution in [2.24, 2.45) is 0 Å². The zero-order chi connectivity index (χ0) is 12.5. The summed E-state index contributed by atoms with van der Waals surface area (Å²) in [5.41, 5.74) is 0. The molecule has 1 rings (SSSR count). The minimum Gasteiger partial charge on any atom is -0.374 e. The van der Waals surface area contributed by atoms with E-state index < -0.39 is 13.0 Å². The molecule has 0 amide bonds. The molecule has 1 fully saturated rings. The molecular weight excluding hydrogens is 246 g/mol. The SMILES string of the molecule is FC(F)COCCNC(=S)NC1CCCCC1. The summed E-state index contributed by atoms with van der Waals surface area (Å²) >= 11 is 5.11. The van der Waals surface area contributed by atoms with Crippen molar-refractivity contribution in [3.05, 3.63) is 0 Å². The van der Waals surface area contributed by atoms with E-state index in [9.17, 15) is 8.78 Å². The summed E-state index contributed by atoms with van der Waals surface area (Å²) in [6.45, 7) is 0.201. The van der Waals surface area contributed by atoms with Crippen molar-refractivity contribution >= 4 is 17.3 Å². The molecule has 0 saturated heterocycles. The molecule has 100 valence electrons. The van der Waals surface area contributed by atoms with E-state index in [2.05, 4.69) is 10.6 Å². The third-order valence-electron chi connectivity index (χ3n) is 2.72. The molecule has 0 heterocycles. The first-order valence-electron chi connectivity index (χ1n) is 6.08. The van der Waals surface area contributed by atoms with Crippen LogP contribution in [0.4, 0.5) is 8.78 Å². The van der Waals surface area contributed by atoms with Gasteiger partial charge in [-0.2, -0.15) is 0 Å². The highest BCUT2D eigenvalue weighted by atomic mass is 32.1. The molecule has 1 aliphatic carbocycles. The Morgan fingerprint density at radius 2 is 2.00 bits per heavy atom. The third-order valence-corrected chi connectivity index (χ3v) is 2.98. The lowest BCUT2D eigenvalue weighted by Gasteiger charge is -2.24. The van der Waals surface area contributed by atoms with Gasteiger partial charge in [0.05, 0.1) is 6.61 Å². The van der Waals surface area contributed by atoms with Gasteiger partial charge in [-0.1, -0.05) is 19.3 Å². The lowest BCUT2D eigenvalue weighted by molar-refractivity contribution is 0.0197. The Morgan fingerprint density at radius 3 is 2.65 bits per heavy atom. The van der Waals surface area contributed by atoms with Gasteiger partial charge in [0.1, 0.15) is 6.61 Å². The fourth-order valence-electron chi connectivity index (χ4n) is 1.89. The Labute approximate surface area is 106 Å². The van der Waals surface area contributed by atoms with Crippen molar-refractivity contribution in [1.29, 1.82) is 0 Å². The second-order valence-electron chi connectivity index (χ2n) is 4.20. The standard InChI is InChI=1S/C11H20F2N2OS/c12-10(13)8-16-7-6-14-11(17)15-9-4-2-1-3-5-9/h9-10H,1-8H2,(H2,14,15,17). The van der Waals surface area contributed by atoms with Crippen molar-refractivity contribution in [2.45, 2.75) is 44.6 Å². The van der Waals surface area contributed by atoms with E-state index in [1.165, 1.54) is 19.3 Å². The molecule has 0 unspecified atom stereocenters. The minimum absolute atomic E-state index is 0.247. The van der Waals surface area contributed by atoms with Crippen molar-refractivity contribution in [2.75, 3.05) is 19.8 Å². The van der Waals surface area contributed by atoms with Gasteiger partial charge in [-0.3, -0.25) is 0 Å².